The fourth-order valence-corrected chi connectivity index (χ4v) is 2.91. The highest BCUT2D eigenvalue weighted by molar-refractivity contribution is 6.33. The number of anilines is 1. The van der Waals surface area contributed by atoms with Crippen LogP contribution < -0.4 is 20.1 Å². The Morgan fingerprint density at radius 2 is 1.80 bits per heavy atom. The fourth-order valence-electron chi connectivity index (χ4n) is 2.65. The molecule has 0 spiro atoms. The summed E-state index contributed by atoms with van der Waals surface area (Å²) in [6.07, 6.45) is 0. The van der Waals surface area contributed by atoms with E-state index in [2.05, 4.69) is 10.6 Å². The number of nitrogens with one attached hydrogen (secondary N) is 2. The van der Waals surface area contributed by atoms with E-state index in [1.165, 1.54) is 6.07 Å². The van der Waals surface area contributed by atoms with Crippen LogP contribution in [0.5, 0.6) is 11.5 Å². The van der Waals surface area contributed by atoms with Crippen LogP contribution in [0, 0.1) is 0 Å². The molecule has 0 bridgehead atoms. The lowest BCUT2D eigenvalue weighted by Gasteiger charge is -2.21. The molecule has 0 fully saturated rings. The summed E-state index contributed by atoms with van der Waals surface area (Å²) in [5.74, 6) is -0.254. The zero-order valence-electron chi connectivity index (χ0n) is 17.5. The lowest BCUT2D eigenvalue weighted by atomic mass is 10.1. The van der Waals surface area contributed by atoms with Crippen LogP contribution in [0.2, 0.25) is 5.02 Å². The Labute approximate surface area is 181 Å². The summed E-state index contributed by atoms with van der Waals surface area (Å²) in [5.41, 5.74) is 1.34. The maximum absolute atomic E-state index is 12.0. The van der Waals surface area contributed by atoms with Crippen molar-refractivity contribution in [3.63, 3.8) is 0 Å². The van der Waals surface area contributed by atoms with E-state index in [9.17, 15) is 9.59 Å². The second-order valence-electron chi connectivity index (χ2n) is 7.65. The Kier molecular flexibility index (Phi) is 7.94. The smallest absolute Gasteiger partial charge is 0.337 e. The first-order valence-corrected chi connectivity index (χ1v) is 9.93. The Bertz CT molecular complexity index is 909. The molecule has 0 aliphatic heterocycles. The number of carbonyl (C=O) groups is 2. The molecule has 162 valence electrons. The Balaban J connectivity index is 2.04. The number of halogens is 1. The van der Waals surface area contributed by atoms with E-state index in [0.717, 1.165) is 5.56 Å². The van der Waals surface area contributed by atoms with E-state index in [1.807, 2.05) is 39.8 Å². The van der Waals surface area contributed by atoms with Crippen LogP contribution in [0.1, 0.15) is 43.6 Å². The predicted molar refractivity (Wildman–Crippen MR) is 117 cm³/mol. The number of aromatic carboxylic acids is 1. The minimum Gasteiger partial charge on any atom is -0.490 e. The van der Waals surface area contributed by atoms with Crippen molar-refractivity contribution in [1.82, 2.24) is 5.32 Å². The van der Waals surface area contributed by atoms with Gasteiger partial charge in [0.25, 0.3) is 5.91 Å². The first-order chi connectivity index (χ1) is 14.1. The number of hydrogen-bond donors (Lipinski definition) is 3. The average molecular weight is 435 g/mol. The number of carboxylic acids is 1. The van der Waals surface area contributed by atoms with Crippen molar-refractivity contribution < 1.29 is 24.2 Å². The number of amides is 1. The Morgan fingerprint density at radius 3 is 2.40 bits per heavy atom. The molecule has 0 saturated carbocycles. The number of benzene rings is 2. The SMILES string of the molecule is CCOc1cc(CNc2ccc(C(=O)O)c(Cl)c2)ccc1OCC(=O)NC(C)(C)C. The zero-order valence-corrected chi connectivity index (χ0v) is 18.3. The molecule has 8 heteroatoms. The van der Waals surface area contributed by atoms with Gasteiger partial charge >= 0.3 is 5.97 Å². The molecular formula is C22H27ClN2O5. The molecule has 1 amide bonds. The number of ether oxygens (including phenoxy) is 2. The molecule has 0 atom stereocenters. The monoisotopic (exact) mass is 434 g/mol. The lowest BCUT2D eigenvalue weighted by Crippen LogP contribution is -2.43. The van der Waals surface area contributed by atoms with E-state index < -0.39 is 5.97 Å². The molecule has 2 rings (SSSR count). The van der Waals surface area contributed by atoms with Crippen molar-refractivity contribution >= 4 is 29.2 Å². The zero-order chi connectivity index (χ0) is 22.3. The first kappa shape index (κ1) is 23.3. The molecule has 0 unspecified atom stereocenters. The Hall–Kier alpha value is -2.93. The maximum atomic E-state index is 12.0. The highest BCUT2D eigenvalue weighted by atomic mass is 35.5. The summed E-state index contributed by atoms with van der Waals surface area (Å²) in [6, 6.07) is 10.1. The molecule has 0 aromatic heterocycles. The highest BCUT2D eigenvalue weighted by Gasteiger charge is 2.15. The van der Waals surface area contributed by atoms with Gasteiger partial charge in [0.1, 0.15) is 0 Å². The third-order valence-corrected chi connectivity index (χ3v) is 4.19. The first-order valence-electron chi connectivity index (χ1n) is 9.55. The van der Waals surface area contributed by atoms with Crippen molar-refractivity contribution in [3.05, 3.63) is 52.5 Å². The van der Waals surface area contributed by atoms with Crippen LogP contribution in [-0.4, -0.2) is 35.7 Å². The van der Waals surface area contributed by atoms with Crippen molar-refractivity contribution in [1.29, 1.82) is 0 Å². The van der Waals surface area contributed by atoms with Gasteiger partial charge in [-0.2, -0.15) is 0 Å². The summed E-state index contributed by atoms with van der Waals surface area (Å²) in [6.45, 7) is 8.39. The van der Waals surface area contributed by atoms with Gasteiger partial charge in [-0.15, -0.1) is 0 Å². The molecule has 0 aliphatic carbocycles. The Morgan fingerprint density at radius 1 is 1.07 bits per heavy atom. The van der Waals surface area contributed by atoms with Crippen molar-refractivity contribution in [3.8, 4) is 11.5 Å². The van der Waals surface area contributed by atoms with Crippen molar-refractivity contribution in [2.75, 3.05) is 18.5 Å². The van der Waals surface area contributed by atoms with E-state index in [1.54, 1.807) is 18.2 Å². The average Bonchev–Trinajstić information content (AvgIpc) is 2.64. The maximum Gasteiger partial charge on any atom is 0.337 e. The molecule has 30 heavy (non-hydrogen) atoms. The van der Waals surface area contributed by atoms with Gasteiger partial charge in [0, 0.05) is 17.8 Å². The highest BCUT2D eigenvalue weighted by Crippen LogP contribution is 2.29. The molecule has 0 radical (unpaired) electrons. The van der Waals surface area contributed by atoms with E-state index >= 15 is 0 Å². The minimum atomic E-state index is -1.07. The van der Waals surface area contributed by atoms with Crippen LogP contribution in [0.15, 0.2) is 36.4 Å². The van der Waals surface area contributed by atoms with Gasteiger partial charge in [-0.3, -0.25) is 4.79 Å². The van der Waals surface area contributed by atoms with Gasteiger partial charge in [0.15, 0.2) is 18.1 Å². The molecule has 2 aromatic carbocycles. The second-order valence-corrected chi connectivity index (χ2v) is 8.06. The third kappa shape index (κ3) is 7.15. The van der Waals surface area contributed by atoms with Crippen molar-refractivity contribution in [2.45, 2.75) is 39.8 Å². The van der Waals surface area contributed by atoms with Gasteiger partial charge in [-0.05, 0) is 63.6 Å². The van der Waals surface area contributed by atoms with Crippen LogP contribution in [0.4, 0.5) is 5.69 Å². The van der Waals surface area contributed by atoms with Gasteiger partial charge in [0.2, 0.25) is 0 Å². The molecule has 0 heterocycles. The lowest BCUT2D eigenvalue weighted by molar-refractivity contribution is -0.124. The fraction of sp³-hybridized carbons (Fsp3) is 0.364. The molecule has 3 N–H and O–H groups in total. The van der Waals surface area contributed by atoms with Gasteiger partial charge in [0.05, 0.1) is 17.2 Å². The number of carboxylic acid groups (broad SMARTS) is 1. The minimum absolute atomic E-state index is 0.0536. The normalized spacial score (nSPS) is 11.0. The largest absolute Gasteiger partial charge is 0.490 e. The van der Waals surface area contributed by atoms with E-state index in [0.29, 0.717) is 30.3 Å². The molecule has 2 aromatic rings. The molecular weight excluding hydrogens is 408 g/mol. The van der Waals surface area contributed by atoms with Crippen molar-refractivity contribution in [2.24, 2.45) is 0 Å². The quantitative estimate of drug-likeness (QED) is 0.543. The topological polar surface area (TPSA) is 96.9 Å². The number of rotatable bonds is 9. The van der Waals surface area contributed by atoms with E-state index in [4.69, 9.17) is 26.2 Å². The summed E-state index contributed by atoms with van der Waals surface area (Å²) < 4.78 is 11.3. The molecule has 7 nitrogen and oxygen atoms in total. The predicted octanol–water partition coefficient (Wildman–Crippen LogP) is 4.34. The summed E-state index contributed by atoms with van der Waals surface area (Å²) in [5, 5.41) is 15.3. The summed E-state index contributed by atoms with van der Waals surface area (Å²) in [4.78, 5) is 23.0. The van der Waals surface area contributed by atoms with Crippen LogP contribution in [0.25, 0.3) is 0 Å². The third-order valence-electron chi connectivity index (χ3n) is 3.88. The van der Waals surface area contributed by atoms with Gasteiger partial charge < -0.3 is 25.2 Å². The van der Waals surface area contributed by atoms with Crippen LogP contribution in [-0.2, 0) is 11.3 Å². The molecule has 0 saturated heterocycles. The van der Waals surface area contributed by atoms with Crippen LogP contribution in [0.3, 0.4) is 0 Å². The van der Waals surface area contributed by atoms with Gasteiger partial charge in [-0.1, -0.05) is 17.7 Å². The van der Waals surface area contributed by atoms with E-state index in [-0.39, 0.29) is 28.6 Å². The summed E-state index contributed by atoms with van der Waals surface area (Å²) >= 11 is 6.00. The standard InChI is InChI=1S/C22H27ClN2O5/c1-5-29-19-10-14(6-9-18(19)30-13-20(26)25-22(2,3)4)12-24-15-7-8-16(21(27)28)17(23)11-15/h6-11,24H,5,12-13H2,1-4H3,(H,25,26)(H,27,28). The molecule has 0 aliphatic rings. The number of carbonyl (C=O) groups excluding carboxylic acids is 1. The number of hydrogen-bond acceptors (Lipinski definition) is 5. The second kappa shape index (κ2) is 10.2. The van der Waals surface area contributed by atoms with Gasteiger partial charge in [-0.25, -0.2) is 4.79 Å². The van der Waals surface area contributed by atoms with Crippen LogP contribution >= 0.6 is 11.6 Å². The summed E-state index contributed by atoms with van der Waals surface area (Å²) in [7, 11) is 0.